The lowest BCUT2D eigenvalue weighted by molar-refractivity contribution is 0.107. The summed E-state index contributed by atoms with van der Waals surface area (Å²) < 4.78 is 5.10. The molecule has 1 aliphatic rings. The highest BCUT2D eigenvalue weighted by molar-refractivity contribution is 5.68. The van der Waals surface area contributed by atoms with Crippen LogP contribution in [-0.4, -0.2) is 47.4 Å². The second-order valence-corrected chi connectivity index (χ2v) is 5.10. The molecule has 1 aromatic rings. The van der Waals surface area contributed by atoms with Gasteiger partial charge in [-0.3, -0.25) is 0 Å². The number of ether oxygens (including phenoxy) is 1. The van der Waals surface area contributed by atoms with E-state index in [4.69, 9.17) is 15.4 Å². The lowest BCUT2D eigenvalue weighted by Crippen LogP contribution is -2.55. The Morgan fingerprint density at radius 2 is 2.17 bits per heavy atom. The van der Waals surface area contributed by atoms with Gasteiger partial charge in [0.15, 0.2) is 0 Å². The second-order valence-electron chi connectivity index (χ2n) is 5.10. The Kier molecular flexibility index (Phi) is 5.65. The van der Waals surface area contributed by atoms with Crippen LogP contribution in [0.4, 0.5) is 9.59 Å². The molecule has 0 bridgehead atoms. The number of alkyl carbamates (subject to hydrolysis) is 1. The summed E-state index contributed by atoms with van der Waals surface area (Å²) in [5.74, 6) is 0. The van der Waals surface area contributed by atoms with Gasteiger partial charge in [0.25, 0.3) is 0 Å². The Morgan fingerprint density at radius 1 is 1.43 bits per heavy atom. The fourth-order valence-electron chi connectivity index (χ4n) is 2.38. The molecule has 1 heterocycles. The van der Waals surface area contributed by atoms with E-state index in [0.29, 0.717) is 6.42 Å². The quantitative estimate of drug-likeness (QED) is 0.501. The molecule has 9 heteroatoms. The fraction of sp³-hybridized carbons (Fsp3) is 0.429. The minimum absolute atomic E-state index is 0.0550. The molecule has 2 atom stereocenters. The van der Waals surface area contributed by atoms with Gasteiger partial charge in [0.2, 0.25) is 0 Å². The summed E-state index contributed by atoms with van der Waals surface area (Å²) in [4.78, 5) is 26.8. The van der Waals surface area contributed by atoms with E-state index in [9.17, 15) is 9.59 Å². The molecular formula is C14H17N5O4. The first kappa shape index (κ1) is 16.4. The Bertz CT molecular complexity index is 602. The number of nitrogens with zero attached hydrogens (tertiary/aromatic N) is 4. The number of carbonyl (C=O) groups is 2. The Morgan fingerprint density at radius 3 is 2.83 bits per heavy atom. The van der Waals surface area contributed by atoms with Gasteiger partial charge in [-0.15, -0.1) is 0 Å². The topological polar surface area (TPSA) is 128 Å². The van der Waals surface area contributed by atoms with Crippen molar-refractivity contribution in [2.24, 2.45) is 5.11 Å². The number of hydrogen-bond donors (Lipinski definition) is 2. The van der Waals surface area contributed by atoms with Gasteiger partial charge < -0.3 is 20.1 Å². The minimum Gasteiger partial charge on any atom is -0.465 e. The smallest absolute Gasteiger partial charge is 0.407 e. The van der Waals surface area contributed by atoms with E-state index in [0.717, 1.165) is 5.56 Å². The molecule has 122 valence electrons. The number of carbonyl (C=O) groups excluding carboxylic acids is 1. The number of hydrogen-bond acceptors (Lipinski definition) is 4. The highest BCUT2D eigenvalue weighted by Crippen LogP contribution is 2.15. The van der Waals surface area contributed by atoms with Crippen molar-refractivity contribution in [3.05, 3.63) is 46.3 Å². The number of piperidine rings is 1. The summed E-state index contributed by atoms with van der Waals surface area (Å²) >= 11 is 0. The van der Waals surface area contributed by atoms with Gasteiger partial charge in [-0.2, -0.15) is 0 Å². The number of nitrogens with one attached hydrogen (secondary N) is 1. The lowest BCUT2D eigenvalue weighted by atomic mass is 10.0. The van der Waals surface area contributed by atoms with Gasteiger partial charge in [0.1, 0.15) is 6.61 Å². The van der Waals surface area contributed by atoms with Crippen molar-refractivity contribution in [3.63, 3.8) is 0 Å². The standard InChI is InChI=1S/C14H17N5O4/c15-18-17-11-6-7-19(14(21)22)8-12(11)16-13(20)23-9-10-4-2-1-3-5-10/h1-5,11-12H,6-9H2,(H,16,20)(H,21,22)/t11-,12-/m0/s1. The maximum absolute atomic E-state index is 11.9. The number of likely N-dealkylation sites (tertiary alicyclic amines) is 1. The average molecular weight is 319 g/mol. The number of azide groups is 1. The molecule has 0 aromatic heterocycles. The van der Waals surface area contributed by atoms with Crippen LogP contribution in [0.25, 0.3) is 10.4 Å². The van der Waals surface area contributed by atoms with Crippen molar-refractivity contribution in [3.8, 4) is 0 Å². The molecule has 0 radical (unpaired) electrons. The van der Waals surface area contributed by atoms with E-state index < -0.39 is 24.3 Å². The van der Waals surface area contributed by atoms with Crippen molar-refractivity contribution < 1.29 is 19.4 Å². The molecule has 1 aliphatic heterocycles. The highest BCUT2D eigenvalue weighted by atomic mass is 16.5. The van der Waals surface area contributed by atoms with Crippen LogP contribution in [-0.2, 0) is 11.3 Å². The van der Waals surface area contributed by atoms with Crippen LogP contribution in [0.1, 0.15) is 12.0 Å². The number of amides is 2. The first-order chi connectivity index (χ1) is 11.1. The molecule has 1 fully saturated rings. The molecular weight excluding hydrogens is 302 g/mol. The maximum Gasteiger partial charge on any atom is 0.407 e. The van der Waals surface area contributed by atoms with Crippen LogP contribution in [0.3, 0.4) is 0 Å². The largest absolute Gasteiger partial charge is 0.465 e. The molecule has 23 heavy (non-hydrogen) atoms. The van der Waals surface area contributed by atoms with E-state index in [2.05, 4.69) is 15.3 Å². The normalized spacial score (nSPS) is 20.3. The molecule has 0 spiro atoms. The minimum atomic E-state index is -1.08. The molecule has 1 saturated heterocycles. The number of benzene rings is 1. The SMILES string of the molecule is [N-]=[N+]=N[C@H]1CCN(C(=O)O)C[C@@H]1NC(=O)OCc1ccccc1. The van der Waals surface area contributed by atoms with Gasteiger partial charge in [-0.05, 0) is 17.5 Å². The van der Waals surface area contributed by atoms with Crippen LogP contribution >= 0.6 is 0 Å². The molecule has 1 aromatic carbocycles. The van der Waals surface area contributed by atoms with Crippen LogP contribution in [0.5, 0.6) is 0 Å². The third-order valence-electron chi connectivity index (χ3n) is 3.56. The predicted octanol–water partition coefficient (Wildman–Crippen LogP) is 2.34. The molecule has 9 nitrogen and oxygen atoms in total. The van der Waals surface area contributed by atoms with Gasteiger partial charge >= 0.3 is 12.2 Å². The molecule has 2 amide bonds. The fourth-order valence-corrected chi connectivity index (χ4v) is 2.38. The Balaban J connectivity index is 1.92. The maximum atomic E-state index is 11.9. The Hall–Kier alpha value is -2.93. The average Bonchev–Trinajstić information content (AvgIpc) is 2.55. The predicted molar refractivity (Wildman–Crippen MR) is 80.7 cm³/mol. The Labute approximate surface area is 132 Å². The van der Waals surface area contributed by atoms with Crippen molar-refractivity contribution in [2.75, 3.05) is 13.1 Å². The number of carboxylic acid groups (broad SMARTS) is 1. The summed E-state index contributed by atoms with van der Waals surface area (Å²) in [6.07, 6.45) is -1.40. The van der Waals surface area contributed by atoms with E-state index in [-0.39, 0.29) is 19.7 Å². The van der Waals surface area contributed by atoms with Gasteiger partial charge in [0, 0.05) is 18.0 Å². The first-order valence-electron chi connectivity index (χ1n) is 7.09. The zero-order valence-electron chi connectivity index (χ0n) is 12.3. The van der Waals surface area contributed by atoms with Crippen LogP contribution in [0, 0.1) is 0 Å². The van der Waals surface area contributed by atoms with E-state index in [1.165, 1.54) is 4.90 Å². The number of rotatable bonds is 4. The van der Waals surface area contributed by atoms with Crippen molar-refractivity contribution in [1.82, 2.24) is 10.2 Å². The van der Waals surface area contributed by atoms with Crippen LogP contribution in [0.2, 0.25) is 0 Å². The van der Waals surface area contributed by atoms with Gasteiger partial charge in [-0.25, -0.2) is 9.59 Å². The molecule has 0 unspecified atom stereocenters. The zero-order valence-corrected chi connectivity index (χ0v) is 12.3. The third kappa shape index (κ3) is 4.79. The summed E-state index contributed by atoms with van der Waals surface area (Å²) in [5, 5.41) is 15.2. The van der Waals surface area contributed by atoms with E-state index in [1.807, 2.05) is 30.3 Å². The summed E-state index contributed by atoms with van der Waals surface area (Å²) in [7, 11) is 0. The highest BCUT2D eigenvalue weighted by Gasteiger charge is 2.32. The van der Waals surface area contributed by atoms with E-state index in [1.54, 1.807) is 0 Å². The summed E-state index contributed by atoms with van der Waals surface area (Å²) in [5.41, 5.74) is 9.42. The molecule has 0 saturated carbocycles. The van der Waals surface area contributed by atoms with Gasteiger partial charge in [-0.1, -0.05) is 35.4 Å². The van der Waals surface area contributed by atoms with Gasteiger partial charge in [0.05, 0.1) is 12.1 Å². The van der Waals surface area contributed by atoms with E-state index >= 15 is 0 Å². The lowest BCUT2D eigenvalue weighted by Gasteiger charge is -2.35. The zero-order chi connectivity index (χ0) is 16.7. The van der Waals surface area contributed by atoms with Crippen LogP contribution < -0.4 is 5.32 Å². The summed E-state index contributed by atoms with van der Waals surface area (Å²) in [6.45, 7) is 0.421. The van der Waals surface area contributed by atoms with Crippen LogP contribution in [0.15, 0.2) is 35.4 Å². The third-order valence-corrected chi connectivity index (χ3v) is 3.56. The molecule has 2 rings (SSSR count). The second kappa shape index (κ2) is 7.90. The van der Waals surface area contributed by atoms with Crippen molar-refractivity contribution >= 4 is 12.2 Å². The van der Waals surface area contributed by atoms with Crippen molar-refractivity contribution in [1.29, 1.82) is 0 Å². The summed E-state index contributed by atoms with van der Waals surface area (Å²) in [6, 6.07) is 8.06. The van der Waals surface area contributed by atoms with Crippen molar-refractivity contribution in [2.45, 2.75) is 25.1 Å². The first-order valence-corrected chi connectivity index (χ1v) is 7.09. The monoisotopic (exact) mass is 319 g/mol. The molecule has 0 aliphatic carbocycles. The molecule has 2 N–H and O–H groups in total.